The zero-order valence-corrected chi connectivity index (χ0v) is 15.8. The summed E-state index contributed by atoms with van der Waals surface area (Å²) in [5.74, 6) is 1.21. The molecule has 0 aromatic rings. The monoisotopic (exact) mass is 346 g/mol. The van der Waals surface area contributed by atoms with Gasteiger partial charge >= 0.3 is 0 Å². The molecule has 0 aromatic heterocycles. The van der Waals surface area contributed by atoms with Crippen molar-refractivity contribution in [3.8, 4) is 0 Å². The van der Waals surface area contributed by atoms with Gasteiger partial charge in [-0.05, 0) is 57.3 Å². The van der Waals surface area contributed by atoms with Crippen molar-refractivity contribution in [3.63, 3.8) is 0 Å². The second kappa shape index (κ2) is 9.16. The van der Waals surface area contributed by atoms with Crippen LogP contribution >= 0.6 is 0 Å². The Bertz CT molecular complexity index is 480. The molecule has 0 amide bonds. The van der Waals surface area contributed by atoms with Crippen molar-refractivity contribution in [1.29, 1.82) is 0 Å². The van der Waals surface area contributed by atoms with Crippen molar-refractivity contribution in [2.75, 3.05) is 6.61 Å². The van der Waals surface area contributed by atoms with Crippen LogP contribution in [0.1, 0.15) is 52.4 Å². The molecule has 0 saturated carbocycles. The Morgan fingerprint density at radius 3 is 2.44 bits per heavy atom. The largest absolute Gasteiger partial charge is 0.373 e. The van der Waals surface area contributed by atoms with Crippen LogP contribution in [0.25, 0.3) is 0 Å². The highest BCUT2D eigenvalue weighted by Gasteiger charge is 2.43. The second-order valence-electron chi connectivity index (χ2n) is 7.82. The first-order chi connectivity index (χ1) is 12.2. The van der Waals surface area contributed by atoms with E-state index in [0.29, 0.717) is 42.4 Å². The van der Waals surface area contributed by atoms with Crippen molar-refractivity contribution >= 4 is 0 Å². The number of epoxide rings is 3. The summed E-state index contributed by atoms with van der Waals surface area (Å²) < 4.78 is 17.0. The van der Waals surface area contributed by atoms with Gasteiger partial charge in [0.2, 0.25) is 0 Å². The Kier molecular flexibility index (Phi) is 6.92. The highest BCUT2D eigenvalue weighted by atomic mass is 16.6. The topological polar surface area (TPSA) is 37.6 Å². The van der Waals surface area contributed by atoms with Gasteiger partial charge in [-0.3, -0.25) is 0 Å². The van der Waals surface area contributed by atoms with Gasteiger partial charge in [-0.2, -0.15) is 0 Å². The maximum atomic E-state index is 5.89. The van der Waals surface area contributed by atoms with Crippen LogP contribution < -0.4 is 0 Å². The van der Waals surface area contributed by atoms with Gasteiger partial charge in [-0.25, -0.2) is 0 Å². The number of hydrogen-bond donors (Lipinski definition) is 0. The lowest BCUT2D eigenvalue weighted by Gasteiger charge is -2.16. The van der Waals surface area contributed by atoms with Crippen molar-refractivity contribution in [2.45, 2.75) is 82.9 Å². The number of allylic oxidation sites excluding steroid dienone is 4. The maximum Gasteiger partial charge on any atom is 0.102 e. The summed E-state index contributed by atoms with van der Waals surface area (Å²) in [6, 6.07) is 0. The lowest BCUT2D eigenvalue weighted by Crippen LogP contribution is -2.15. The third kappa shape index (κ3) is 6.40. The molecule has 0 bridgehead atoms. The van der Waals surface area contributed by atoms with Gasteiger partial charge in [-0.15, -0.1) is 6.58 Å². The number of hydrogen-bond acceptors (Lipinski definition) is 3. The predicted molar refractivity (Wildman–Crippen MR) is 102 cm³/mol. The fourth-order valence-electron chi connectivity index (χ4n) is 3.74. The standard InChI is InChI=1S/C22H34O3/c1-4-10-18-19(24-18)11-8-6-7-9-12-20-21(25-20)14-17(22-15-23-22)13-16(3)5-2/h4-7,10,16-22H,2,8-9,11-15H2,1,3H3/b7-6+,10-4-. The van der Waals surface area contributed by atoms with Crippen LogP contribution in [0.5, 0.6) is 0 Å². The van der Waals surface area contributed by atoms with Crippen LogP contribution in [-0.2, 0) is 14.2 Å². The average molecular weight is 347 g/mol. The minimum Gasteiger partial charge on any atom is -0.373 e. The first-order valence-corrected chi connectivity index (χ1v) is 10.0. The SMILES string of the molecule is C=CC(C)CC(CC1OC1CC/C=C/CCC1OC1/C=C\C)C1CO1. The minimum absolute atomic E-state index is 0.381. The predicted octanol–water partition coefficient (Wildman–Crippen LogP) is 4.83. The lowest BCUT2D eigenvalue weighted by atomic mass is 9.88. The molecule has 25 heavy (non-hydrogen) atoms. The van der Waals surface area contributed by atoms with E-state index >= 15 is 0 Å². The summed E-state index contributed by atoms with van der Waals surface area (Å²) in [6.07, 6.45) is 20.0. The van der Waals surface area contributed by atoms with Crippen LogP contribution in [0, 0.1) is 11.8 Å². The normalized spacial score (nSPS) is 35.8. The summed E-state index contributed by atoms with van der Waals surface area (Å²) in [4.78, 5) is 0. The molecule has 7 unspecified atom stereocenters. The second-order valence-corrected chi connectivity index (χ2v) is 7.82. The maximum absolute atomic E-state index is 5.89. The molecule has 3 fully saturated rings. The Balaban J connectivity index is 1.23. The van der Waals surface area contributed by atoms with E-state index in [1.54, 1.807) is 0 Å². The Labute approximate surface area is 153 Å². The van der Waals surface area contributed by atoms with E-state index in [0.717, 1.165) is 38.7 Å². The Hall–Kier alpha value is -0.900. The third-order valence-corrected chi connectivity index (χ3v) is 5.59. The first-order valence-electron chi connectivity index (χ1n) is 10.0. The molecule has 3 heteroatoms. The van der Waals surface area contributed by atoms with Gasteiger partial charge in [0.25, 0.3) is 0 Å². The first kappa shape index (κ1) is 18.9. The molecule has 140 valence electrons. The molecular weight excluding hydrogens is 312 g/mol. The van der Waals surface area contributed by atoms with E-state index in [4.69, 9.17) is 14.2 Å². The summed E-state index contributed by atoms with van der Waals surface area (Å²) in [7, 11) is 0. The quantitative estimate of drug-likeness (QED) is 0.354. The molecule has 3 heterocycles. The van der Waals surface area contributed by atoms with Crippen molar-refractivity contribution in [2.24, 2.45) is 11.8 Å². The smallest absolute Gasteiger partial charge is 0.102 e. The Morgan fingerprint density at radius 1 is 1.08 bits per heavy atom. The molecule has 3 saturated heterocycles. The van der Waals surface area contributed by atoms with Crippen LogP contribution in [0.2, 0.25) is 0 Å². The van der Waals surface area contributed by atoms with E-state index in [-0.39, 0.29) is 0 Å². The van der Waals surface area contributed by atoms with Crippen LogP contribution in [0.3, 0.4) is 0 Å². The lowest BCUT2D eigenvalue weighted by molar-refractivity contribution is 0.259. The van der Waals surface area contributed by atoms with E-state index in [9.17, 15) is 0 Å². The molecule has 7 atom stereocenters. The third-order valence-electron chi connectivity index (χ3n) is 5.59. The van der Waals surface area contributed by atoms with Crippen molar-refractivity contribution < 1.29 is 14.2 Å². The summed E-state index contributed by atoms with van der Waals surface area (Å²) >= 11 is 0. The molecule has 0 spiro atoms. The van der Waals surface area contributed by atoms with Gasteiger partial charge in [0.05, 0.1) is 31.0 Å². The molecule has 0 radical (unpaired) electrons. The Morgan fingerprint density at radius 2 is 1.80 bits per heavy atom. The van der Waals surface area contributed by atoms with E-state index < -0.39 is 0 Å². The number of ether oxygens (including phenoxy) is 3. The molecule has 3 aliphatic rings. The van der Waals surface area contributed by atoms with Gasteiger partial charge in [0, 0.05) is 0 Å². The van der Waals surface area contributed by atoms with Gasteiger partial charge in [0.15, 0.2) is 0 Å². The summed E-state index contributed by atoms with van der Waals surface area (Å²) in [6.45, 7) is 9.13. The van der Waals surface area contributed by atoms with E-state index in [1.807, 2.05) is 6.92 Å². The van der Waals surface area contributed by atoms with Gasteiger partial charge in [-0.1, -0.05) is 37.3 Å². The molecule has 3 aliphatic heterocycles. The highest BCUT2D eigenvalue weighted by molar-refractivity contribution is 5.02. The molecule has 3 nitrogen and oxygen atoms in total. The number of rotatable bonds is 13. The van der Waals surface area contributed by atoms with Crippen LogP contribution in [0.15, 0.2) is 37.0 Å². The molecule has 0 aliphatic carbocycles. The molecule has 0 aromatic carbocycles. The zero-order chi connectivity index (χ0) is 17.6. The fourth-order valence-corrected chi connectivity index (χ4v) is 3.74. The minimum atomic E-state index is 0.381. The van der Waals surface area contributed by atoms with Gasteiger partial charge < -0.3 is 14.2 Å². The molecular formula is C22H34O3. The summed E-state index contributed by atoms with van der Waals surface area (Å²) in [5.41, 5.74) is 0. The highest BCUT2D eigenvalue weighted by Crippen LogP contribution is 2.38. The van der Waals surface area contributed by atoms with Crippen LogP contribution in [0.4, 0.5) is 0 Å². The van der Waals surface area contributed by atoms with E-state index in [1.165, 1.54) is 6.42 Å². The zero-order valence-electron chi connectivity index (χ0n) is 15.8. The summed E-state index contributed by atoms with van der Waals surface area (Å²) in [5, 5.41) is 0. The van der Waals surface area contributed by atoms with Crippen LogP contribution in [-0.4, -0.2) is 37.1 Å². The van der Waals surface area contributed by atoms with Gasteiger partial charge in [0.1, 0.15) is 6.10 Å². The van der Waals surface area contributed by atoms with Crippen molar-refractivity contribution in [1.82, 2.24) is 0 Å². The fraction of sp³-hybridized carbons (Fsp3) is 0.727. The average Bonchev–Trinajstić information content (AvgIpc) is 3.45. The molecule has 0 N–H and O–H groups in total. The van der Waals surface area contributed by atoms with E-state index in [2.05, 4.69) is 43.9 Å². The van der Waals surface area contributed by atoms with Crippen molar-refractivity contribution in [3.05, 3.63) is 37.0 Å². The molecule has 3 rings (SSSR count).